The van der Waals surface area contributed by atoms with Crippen LogP contribution in [-0.2, 0) is 6.54 Å². The molecule has 16 heavy (non-hydrogen) atoms. The quantitative estimate of drug-likeness (QED) is 0.773. The van der Waals surface area contributed by atoms with Crippen LogP contribution in [-0.4, -0.2) is 25.0 Å². The van der Waals surface area contributed by atoms with E-state index in [1.165, 1.54) is 12.8 Å². The second kappa shape index (κ2) is 6.71. The Morgan fingerprint density at radius 1 is 1.44 bits per heavy atom. The number of hydrogen-bond acceptors (Lipinski definition) is 3. The summed E-state index contributed by atoms with van der Waals surface area (Å²) < 4.78 is 5.54. The lowest BCUT2D eigenvalue weighted by molar-refractivity contribution is 0.280. The van der Waals surface area contributed by atoms with Gasteiger partial charge in [-0.25, -0.2) is 0 Å². The summed E-state index contributed by atoms with van der Waals surface area (Å²) in [7, 11) is 2.13. The minimum Gasteiger partial charge on any atom is -0.465 e. The lowest BCUT2D eigenvalue weighted by Crippen LogP contribution is -2.20. The smallest absolute Gasteiger partial charge is 0.118 e. The Morgan fingerprint density at radius 2 is 2.19 bits per heavy atom. The van der Waals surface area contributed by atoms with Crippen LogP contribution < -0.4 is 5.73 Å². The first-order valence-electron chi connectivity index (χ1n) is 6.05. The number of nitrogens with two attached hydrogens (primary N) is 1. The van der Waals surface area contributed by atoms with Crippen molar-refractivity contribution in [2.75, 3.05) is 20.1 Å². The van der Waals surface area contributed by atoms with Crippen molar-refractivity contribution in [3.8, 4) is 0 Å². The van der Waals surface area contributed by atoms with Crippen molar-refractivity contribution in [2.45, 2.75) is 33.2 Å². The van der Waals surface area contributed by atoms with Crippen LogP contribution in [0.5, 0.6) is 0 Å². The predicted molar refractivity (Wildman–Crippen MR) is 67.2 cm³/mol. The van der Waals surface area contributed by atoms with Gasteiger partial charge in [-0.2, -0.15) is 0 Å². The number of furan rings is 1. The fourth-order valence-electron chi connectivity index (χ4n) is 1.74. The Balaban J connectivity index is 2.18. The van der Waals surface area contributed by atoms with Crippen molar-refractivity contribution in [1.29, 1.82) is 0 Å². The van der Waals surface area contributed by atoms with Gasteiger partial charge in [-0.05, 0) is 58.0 Å². The molecular weight excluding hydrogens is 200 g/mol. The molecule has 0 saturated carbocycles. The summed E-state index contributed by atoms with van der Waals surface area (Å²) in [6, 6.07) is 4.06. The van der Waals surface area contributed by atoms with Crippen molar-refractivity contribution < 1.29 is 4.42 Å². The first-order valence-corrected chi connectivity index (χ1v) is 6.05. The predicted octanol–water partition coefficient (Wildman–Crippen LogP) is 2.39. The Bertz CT molecular complexity index is 296. The highest BCUT2D eigenvalue weighted by molar-refractivity contribution is 5.05. The maximum atomic E-state index is 5.59. The topological polar surface area (TPSA) is 42.4 Å². The zero-order valence-electron chi connectivity index (χ0n) is 10.7. The van der Waals surface area contributed by atoms with Gasteiger partial charge in [-0.15, -0.1) is 0 Å². The van der Waals surface area contributed by atoms with Gasteiger partial charge >= 0.3 is 0 Å². The maximum Gasteiger partial charge on any atom is 0.118 e. The molecule has 1 atom stereocenters. The molecule has 2 N–H and O–H groups in total. The molecule has 0 fully saturated rings. The molecule has 1 heterocycles. The molecule has 3 heteroatoms. The molecule has 0 radical (unpaired) electrons. The lowest BCUT2D eigenvalue weighted by Gasteiger charge is -2.16. The first-order chi connectivity index (χ1) is 7.61. The monoisotopic (exact) mass is 224 g/mol. The van der Waals surface area contributed by atoms with Gasteiger partial charge in [0.1, 0.15) is 11.5 Å². The van der Waals surface area contributed by atoms with Crippen LogP contribution in [0.2, 0.25) is 0 Å². The third-order valence-corrected chi connectivity index (χ3v) is 2.86. The molecule has 1 rings (SSSR count). The zero-order valence-corrected chi connectivity index (χ0v) is 10.7. The van der Waals surface area contributed by atoms with Crippen LogP contribution in [0.15, 0.2) is 16.5 Å². The van der Waals surface area contributed by atoms with Crippen LogP contribution in [0.4, 0.5) is 0 Å². The normalized spacial score (nSPS) is 13.3. The Labute approximate surface area is 98.6 Å². The number of nitrogens with zero attached hydrogens (tertiary/aromatic N) is 1. The average Bonchev–Trinajstić information content (AvgIpc) is 2.63. The van der Waals surface area contributed by atoms with Gasteiger partial charge in [0.05, 0.1) is 6.54 Å². The summed E-state index contributed by atoms with van der Waals surface area (Å²) >= 11 is 0. The van der Waals surface area contributed by atoms with Crippen LogP contribution in [0.1, 0.15) is 31.3 Å². The van der Waals surface area contributed by atoms with Crippen molar-refractivity contribution >= 4 is 0 Å². The van der Waals surface area contributed by atoms with Crippen LogP contribution in [0.3, 0.4) is 0 Å². The van der Waals surface area contributed by atoms with Gasteiger partial charge in [-0.3, -0.25) is 4.90 Å². The highest BCUT2D eigenvalue weighted by Crippen LogP contribution is 2.10. The highest BCUT2D eigenvalue weighted by Gasteiger charge is 2.05. The van der Waals surface area contributed by atoms with Gasteiger partial charge in [0.2, 0.25) is 0 Å². The van der Waals surface area contributed by atoms with Crippen molar-refractivity contribution in [3.63, 3.8) is 0 Å². The number of rotatable bonds is 7. The largest absolute Gasteiger partial charge is 0.465 e. The lowest BCUT2D eigenvalue weighted by atomic mass is 10.1. The van der Waals surface area contributed by atoms with E-state index in [0.29, 0.717) is 5.92 Å². The molecule has 1 unspecified atom stereocenters. The van der Waals surface area contributed by atoms with Gasteiger partial charge in [-0.1, -0.05) is 6.92 Å². The summed E-state index contributed by atoms with van der Waals surface area (Å²) in [5.74, 6) is 2.67. The van der Waals surface area contributed by atoms with E-state index in [4.69, 9.17) is 10.2 Å². The van der Waals surface area contributed by atoms with E-state index >= 15 is 0 Å². The van der Waals surface area contributed by atoms with Crippen LogP contribution in [0.25, 0.3) is 0 Å². The molecule has 1 aromatic rings. The SMILES string of the molecule is Cc1ccc(CN(C)CCCC(C)CN)o1. The van der Waals surface area contributed by atoms with Crippen molar-refractivity contribution in [2.24, 2.45) is 11.7 Å². The molecule has 0 aliphatic carbocycles. The minimum absolute atomic E-state index is 0.638. The molecule has 0 amide bonds. The van der Waals surface area contributed by atoms with E-state index in [0.717, 1.165) is 31.2 Å². The van der Waals surface area contributed by atoms with E-state index in [-0.39, 0.29) is 0 Å². The molecule has 92 valence electrons. The molecule has 3 nitrogen and oxygen atoms in total. The summed E-state index contributed by atoms with van der Waals surface area (Å²) in [5.41, 5.74) is 5.59. The Morgan fingerprint density at radius 3 is 2.75 bits per heavy atom. The molecule has 0 aliphatic rings. The standard InChI is InChI=1S/C13H24N2O/c1-11(9-14)5-4-8-15(3)10-13-7-6-12(2)16-13/h6-7,11H,4-5,8-10,14H2,1-3H3. The van der Waals surface area contributed by atoms with Gasteiger partial charge in [0, 0.05) is 0 Å². The highest BCUT2D eigenvalue weighted by atomic mass is 16.3. The summed E-state index contributed by atoms with van der Waals surface area (Å²) in [5, 5.41) is 0. The third-order valence-electron chi connectivity index (χ3n) is 2.86. The second-order valence-electron chi connectivity index (χ2n) is 4.73. The molecule has 0 aromatic carbocycles. The molecule has 0 aliphatic heterocycles. The average molecular weight is 224 g/mol. The summed E-state index contributed by atoms with van der Waals surface area (Å²) in [4.78, 5) is 2.29. The van der Waals surface area contributed by atoms with E-state index in [1.54, 1.807) is 0 Å². The van der Waals surface area contributed by atoms with Crippen molar-refractivity contribution in [1.82, 2.24) is 4.90 Å². The molecular formula is C13H24N2O. The Kier molecular flexibility index (Phi) is 5.56. The minimum atomic E-state index is 0.638. The number of aryl methyl sites for hydroxylation is 1. The third kappa shape index (κ3) is 4.81. The van der Waals surface area contributed by atoms with Crippen LogP contribution in [0, 0.1) is 12.8 Å². The fraction of sp³-hybridized carbons (Fsp3) is 0.692. The van der Waals surface area contributed by atoms with Gasteiger partial charge in [0.25, 0.3) is 0 Å². The number of hydrogen-bond donors (Lipinski definition) is 1. The Hall–Kier alpha value is -0.800. The second-order valence-corrected chi connectivity index (χ2v) is 4.73. The van der Waals surface area contributed by atoms with E-state index < -0.39 is 0 Å². The molecule has 0 saturated heterocycles. The summed E-state index contributed by atoms with van der Waals surface area (Å²) in [6.07, 6.45) is 2.41. The first kappa shape index (κ1) is 13.3. The fourth-order valence-corrected chi connectivity index (χ4v) is 1.74. The molecule has 1 aromatic heterocycles. The van der Waals surface area contributed by atoms with E-state index in [2.05, 4.69) is 18.9 Å². The van der Waals surface area contributed by atoms with E-state index in [1.807, 2.05) is 19.1 Å². The molecule has 0 spiro atoms. The maximum absolute atomic E-state index is 5.59. The molecule has 0 bridgehead atoms. The van der Waals surface area contributed by atoms with Gasteiger partial charge < -0.3 is 10.2 Å². The van der Waals surface area contributed by atoms with E-state index in [9.17, 15) is 0 Å². The van der Waals surface area contributed by atoms with Gasteiger partial charge in [0.15, 0.2) is 0 Å². The summed E-state index contributed by atoms with van der Waals surface area (Å²) in [6.45, 7) is 6.97. The van der Waals surface area contributed by atoms with Crippen molar-refractivity contribution in [3.05, 3.63) is 23.7 Å². The zero-order chi connectivity index (χ0) is 12.0. The van der Waals surface area contributed by atoms with Crippen LogP contribution >= 0.6 is 0 Å².